The largest absolute Gasteiger partial charge is 0.462 e. The van der Waals surface area contributed by atoms with Crippen molar-refractivity contribution in [1.82, 2.24) is 0 Å². The first-order valence-corrected chi connectivity index (χ1v) is 11.1. The fourth-order valence-corrected chi connectivity index (χ4v) is 7.92. The number of rotatable bonds is 2. The third-order valence-corrected chi connectivity index (χ3v) is 9.50. The molecule has 4 aliphatic carbocycles. The van der Waals surface area contributed by atoms with Crippen LogP contribution in [0, 0.1) is 34.5 Å². The molecule has 4 fully saturated rings. The number of ether oxygens (including phenoxy) is 1. The summed E-state index contributed by atoms with van der Waals surface area (Å²) in [5.41, 5.74) is -2.87. The molecule has 0 spiro atoms. The minimum Gasteiger partial charge on any atom is -0.462 e. The Morgan fingerprint density at radius 1 is 1.07 bits per heavy atom. The third kappa shape index (κ3) is 2.64. The molecule has 0 heterocycles. The fourth-order valence-electron chi connectivity index (χ4n) is 7.92. The number of aliphatic hydroxyl groups is 2. The van der Waals surface area contributed by atoms with E-state index in [2.05, 4.69) is 6.92 Å². The van der Waals surface area contributed by atoms with Gasteiger partial charge in [-0.2, -0.15) is 0 Å². The molecule has 29 heavy (non-hydrogen) atoms. The Morgan fingerprint density at radius 3 is 2.38 bits per heavy atom. The number of aliphatic hydroxyl groups excluding tert-OH is 1. The van der Waals surface area contributed by atoms with Crippen molar-refractivity contribution in [3.05, 3.63) is 0 Å². The van der Waals surface area contributed by atoms with Gasteiger partial charge in [-0.25, -0.2) is 0 Å². The van der Waals surface area contributed by atoms with E-state index in [1.807, 2.05) is 0 Å². The molecule has 0 aliphatic heterocycles. The zero-order valence-electron chi connectivity index (χ0n) is 17.9. The van der Waals surface area contributed by atoms with Gasteiger partial charge in [-0.3, -0.25) is 14.4 Å². The van der Waals surface area contributed by atoms with Crippen LogP contribution in [0.15, 0.2) is 0 Å². The molecule has 0 aromatic carbocycles. The SMILES string of the molecule is CC(=O)O[C@@H]1C[C@H]2[C@@H](CC[C@H]3C[C@@H](O)CC[C@@]32C)[C@@]2(O)C(=O)C[C@H](C(C)=O)[C@@]12C. The molecular formula is C23H34O6. The van der Waals surface area contributed by atoms with E-state index < -0.39 is 29.0 Å². The van der Waals surface area contributed by atoms with Crippen molar-refractivity contribution in [2.45, 2.75) is 90.4 Å². The molecule has 4 saturated carbocycles. The van der Waals surface area contributed by atoms with Gasteiger partial charge in [0.2, 0.25) is 0 Å². The molecule has 0 saturated heterocycles. The summed E-state index contributed by atoms with van der Waals surface area (Å²) in [5, 5.41) is 22.2. The molecule has 0 bridgehead atoms. The van der Waals surface area contributed by atoms with E-state index in [0.29, 0.717) is 25.2 Å². The van der Waals surface area contributed by atoms with Crippen LogP contribution in [0.25, 0.3) is 0 Å². The molecule has 0 radical (unpaired) electrons. The van der Waals surface area contributed by atoms with Crippen LogP contribution in [-0.4, -0.2) is 45.6 Å². The van der Waals surface area contributed by atoms with Gasteiger partial charge in [-0.15, -0.1) is 0 Å². The molecule has 4 rings (SSSR count). The Kier molecular flexibility index (Phi) is 4.78. The van der Waals surface area contributed by atoms with Gasteiger partial charge in [0.05, 0.1) is 11.5 Å². The summed E-state index contributed by atoms with van der Waals surface area (Å²) >= 11 is 0. The molecule has 6 heteroatoms. The van der Waals surface area contributed by atoms with Crippen LogP contribution >= 0.6 is 0 Å². The van der Waals surface area contributed by atoms with Crippen LogP contribution in [0.3, 0.4) is 0 Å². The minimum absolute atomic E-state index is 0.0160. The maximum Gasteiger partial charge on any atom is 0.302 e. The van der Waals surface area contributed by atoms with E-state index in [0.717, 1.165) is 19.3 Å². The van der Waals surface area contributed by atoms with Gasteiger partial charge in [0.25, 0.3) is 0 Å². The van der Waals surface area contributed by atoms with Crippen molar-refractivity contribution in [3.63, 3.8) is 0 Å². The normalized spacial score (nSPS) is 51.6. The smallest absolute Gasteiger partial charge is 0.302 e. The third-order valence-electron chi connectivity index (χ3n) is 9.50. The summed E-state index contributed by atoms with van der Waals surface area (Å²) in [6.45, 7) is 6.81. The van der Waals surface area contributed by atoms with Gasteiger partial charge >= 0.3 is 5.97 Å². The van der Waals surface area contributed by atoms with Crippen molar-refractivity contribution in [2.75, 3.05) is 0 Å². The summed E-state index contributed by atoms with van der Waals surface area (Å²) in [6.07, 6.45) is 3.48. The predicted molar refractivity (Wildman–Crippen MR) is 105 cm³/mol. The topological polar surface area (TPSA) is 101 Å². The number of carbonyl (C=O) groups excluding carboxylic acids is 3. The Balaban J connectivity index is 1.82. The van der Waals surface area contributed by atoms with E-state index in [1.54, 1.807) is 6.92 Å². The van der Waals surface area contributed by atoms with E-state index in [-0.39, 0.29) is 41.3 Å². The van der Waals surface area contributed by atoms with Crippen LogP contribution in [0.4, 0.5) is 0 Å². The number of carbonyl (C=O) groups is 3. The van der Waals surface area contributed by atoms with Crippen molar-refractivity contribution < 1.29 is 29.3 Å². The second kappa shape index (κ2) is 6.61. The first-order valence-electron chi connectivity index (χ1n) is 11.1. The second-order valence-corrected chi connectivity index (χ2v) is 10.6. The zero-order chi connectivity index (χ0) is 21.4. The molecule has 6 nitrogen and oxygen atoms in total. The van der Waals surface area contributed by atoms with Crippen molar-refractivity contribution in [3.8, 4) is 0 Å². The van der Waals surface area contributed by atoms with Crippen molar-refractivity contribution in [1.29, 1.82) is 0 Å². The lowest BCUT2D eigenvalue weighted by Crippen LogP contribution is -2.69. The van der Waals surface area contributed by atoms with Gasteiger partial charge < -0.3 is 14.9 Å². The van der Waals surface area contributed by atoms with Crippen LogP contribution in [0.2, 0.25) is 0 Å². The summed E-state index contributed by atoms with van der Waals surface area (Å²) in [5.74, 6) is -1.38. The van der Waals surface area contributed by atoms with E-state index in [4.69, 9.17) is 4.74 Å². The van der Waals surface area contributed by atoms with Gasteiger partial charge in [-0.1, -0.05) is 13.8 Å². The molecule has 0 amide bonds. The standard InChI is InChI=1S/C23H34O6/c1-12(24)17-10-19(27)23(28)16-6-5-14-9-15(26)7-8-21(14,3)18(16)11-20(22(17,23)4)29-13(2)25/h14-18,20,26,28H,5-11H2,1-4H3/t14-,15-,16+,17+,18-,20+,21-,22-,23+/m0/s1. The lowest BCUT2D eigenvalue weighted by Gasteiger charge is -2.64. The molecule has 0 unspecified atom stereocenters. The fraction of sp³-hybridized carbons (Fsp3) is 0.870. The molecule has 0 aromatic heterocycles. The molecule has 9 atom stereocenters. The van der Waals surface area contributed by atoms with Gasteiger partial charge in [-0.05, 0) is 68.6 Å². The number of Topliss-reactive ketones (excluding diaryl/α,β-unsaturated/α-hetero) is 2. The number of fused-ring (bicyclic) bond motifs is 5. The van der Waals surface area contributed by atoms with Gasteiger partial charge in [0.1, 0.15) is 17.5 Å². The lowest BCUT2D eigenvalue weighted by atomic mass is 9.42. The van der Waals surface area contributed by atoms with E-state index in [1.165, 1.54) is 13.8 Å². The highest BCUT2D eigenvalue weighted by atomic mass is 16.5. The van der Waals surface area contributed by atoms with Crippen LogP contribution in [-0.2, 0) is 19.1 Å². The highest BCUT2D eigenvalue weighted by Gasteiger charge is 2.75. The Hall–Kier alpha value is -1.27. The van der Waals surface area contributed by atoms with Crippen LogP contribution < -0.4 is 0 Å². The van der Waals surface area contributed by atoms with Crippen LogP contribution in [0.1, 0.15) is 72.6 Å². The number of ketones is 2. The summed E-state index contributed by atoms with van der Waals surface area (Å²) < 4.78 is 5.74. The van der Waals surface area contributed by atoms with Crippen molar-refractivity contribution >= 4 is 17.5 Å². The highest BCUT2D eigenvalue weighted by Crippen LogP contribution is 2.68. The molecular weight excluding hydrogens is 372 g/mol. The maximum atomic E-state index is 13.3. The highest BCUT2D eigenvalue weighted by molar-refractivity contribution is 5.98. The number of hydrogen-bond acceptors (Lipinski definition) is 6. The monoisotopic (exact) mass is 406 g/mol. The average molecular weight is 407 g/mol. The summed E-state index contributed by atoms with van der Waals surface area (Å²) in [4.78, 5) is 37.7. The first kappa shape index (κ1) is 21.0. The first-order chi connectivity index (χ1) is 13.5. The molecule has 0 aromatic rings. The van der Waals surface area contributed by atoms with Gasteiger partial charge in [0, 0.05) is 19.3 Å². The Labute approximate surface area is 172 Å². The van der Waals surface area contributed by atoms with E-state index in [9.17, 15) is 24.6 Å². The lowest BCUT2D eigenvalue weighted by molar-refractivity contribution is -0.245. The predicted octanol–water partition coefficient (Wildman–Crippen LogP) is 2.43. The Morgan fingerprint density at radius 2 is 1.76 bits per heavy atom. The second-order valence-electron chi connectivity index (χ2n) is 10.6. The minimum atomic E-state index is -1.66. The summed E-state index contributed by atoms with van der Waals surface area (Å²) in [7, 11) is 0. The van der Waals surface area contributed by atoms with Gasteiger partial charge in [0.15, 0.2) is 5.78 Å². The number of hydrogen-bond donors (Lipinski definition) is 2. The Bertz CT molecular complexity index is 748. The molecule has 2 N–H and O–H groups in total. The van der Waals surface area contributed by atoms with E-state index >= 15 is 0 Å². The maximum absolute atomic E-state index is 13.3. The zero-order valence-corrected chi connectivity index (χ0v) is 17.9. The quantitative estimate of drug-likeness (QED) is 0.683. The summed E-state index contributed by atoms with van der Waals surface area (Å²) in [6, 6.07) is 0. The number of esters is 1. The molecule has 162 valence electrons. The van der Waals surface area contributed by atoms with Crippen molar-refractivity contribution in [2.24, 2.45) is 34.5 Å². The average Bonchev–Trinajstić information content (AvgIpc) is 2.85. The molecule has 4 aliphatic rings. The van der Waals surface area contributed by atoms with Crippen LogP contribution in [0.5, 0.6) is 0 Å².